The predicted molar refractivity (Wildman–Crippen MR) is 64.7 cm³/mol. The quantitative estimate of drug-likeness (QED) is 0.739. The molecule has 0 amide bonds. The molecule has 1 saturated carbocycles. The van der Waals surface area contributed by atoms with Crippen LogP contribution in [0.3, 0.4) is 0 Å². The van der Waals surface area contributed by atoms with Crippen LogP contribution in [0.25, 0.3) is 0 Å². The maximum Gasteiger partial charge on any atom is 0.317 e. The number of hydrogen-bond donors (Lipinski definition) is 0. The molecule has 0 spiro atoms. The molecule has 0 radical (unpaired) electrons. The van der Waals surface area contributed by atoms with Crippen molar-refractivity contribution in [1.29, 1.82) is 0 Å². The van der Waals surface area contributed by atoms with Crippen molar-refractivity contribution >= 4 is 5.97 Å². The minimum atomic E-state index is -0.469. The molecule has 0 N–H and O–H groups in total. The summed E-state index contributed by atoms with van der Waals surface area (Å²) in [6, 6.07) is 2.02. The average Bonchev–Trinajstić information content (AvgIpc) is 2.68. The van der Waals surface area contributed by atoms with E-state index in [4.69, 9.17) is 4.74 Å². The fourth-order valence-electron chi connectivity index (χ4n) is 2.97. The van der Waals surface area contributed by atoms with Crippen molar-refractivity contribution in [2.24, 2.45) is 7.05 Å². The molecule has 1 fully saturated rings. The molecule has 1 aromatic heterocycles. The fourth-order valence-corrected chi connectivity index (χ4v) is 2.97. The maximum absolute atomic E-state index is 12.2. The zero-order chi connectivity index (χ0) is 12.5. The summed E-state index contributed by atoms with van der Waals surface area (Å²) in [6.45, 7) is 1.96. The second-order valence-electron chi connectivity index (χ2n) is 4.93. The molecule has 1 aromatic rings. The largest absolute Gasteiger partial charge is 0.468 e. The zero-order valence-electron chi connectivity index (χ0n) is 10.8. The summed E-state index contributed by atoms with van der Waals surface area (Å²) < 4.78 is 6.86. The lowest BCUT2D eigenvalue weighted by Crippen LogP contribution is -2.40. The van der Waals surface area contributed by atoms with Gasteiger partial charge in [-0.25, -0.2) is 0 Å². The Hall–Kier alpha value is -1.32. The zero-order valence-corrected chi connectivity index (χ0v) is 10.8. The van der Waals surface area contributed by atoms with Crippen LogP contribution in [0.2, 0.25) is 0 Å². The van der Waals surface area contributed by atoms with Crippen molar-refractivity contribution in [3.05, 3.63) is 17.5 Å². The Morgan fingerprint density at radius 3 is 2.53 bits per heavy atom. The molecule has 0 bridgehead atoms. The number of methoxy groups -OCH3 is 1. The first-order valence-corrected chi connectivity index (χ1v) is 6.20. The van der Waals surface area contributed by atoms with Gasteiger partial charge in [0.05, 0.1) is 18.5 Å². The van der Waals surface area contributed by atoms with Crippen LogP contribution < -0.4 is 0 Å². The Bertz CT molecular complexity index is 417. The second-order valence-corrected chi connectivity index (χ2v) is 4.93. The first kappa shape index (κ1) is 12.1. The van der Waals surface area contributed by atoms with Crippen LogP contribution in [-0.2, 0) is 22.0 Å². The van der Waals surface area contributed by atoms with Crippen LogP contribution in [-0.4, -0.2) is 22.9 Å². The van der Waals surface area contributed by atoms with E-state index in [2.05, 4.69) is 5.10 Å². The van der Waals surface area contributed by atoms with Gasteiger partial charge in [-0.3, -0.25) is 9.48 Å². The van der Waals surface area contributed by atoms with Crippen LogP contribution in [0, 0.1) is 6.92 Å². The summed E-state index contributed by atoms with van der Waals surface area (Å²) in [5.74, 6) is -0.111. The lowest BCUT2D eigenvalue weighted by atomic mass is 9.71. The summed E-state index contributed by atoms with van der Waals surface area (Å²) in [6.07, 6.45) is 5.12. The highest BCUT2D eigenvalue weighted by Crippen LogP contribution is 2.40. The Morgan fingerprint density at radius 2 is 2.06 bits per heavy atom. The molecular formula is C13H20N2O2. The fraction of sp³-hybridized carbons (Fsp3) is 0.692. The van der Waals surface area contributed by atoms with Crippen molar-refractivity contribution in [3.63, 3.8) is 0 Å². The van der Waals surface area contributed by atoms with Gasteiger partial charge in [0.2, 0.25) is 0 Å². The van der Waals surface area contributed by atoms with E-state index in [0.29, 0.717) is 0 Å². The molecule has 0 atom stereocenters. The average molecular weight is 236 g/mol. The highest BCUT2D eigenvalue weighted by Gasteiger charge is 2.44. The third-order valence-electron chi connectivity index (χ3n) is 3.78. The third-order valence-corrected chi connectivity index (χ3v) is 3.78. The van der Waals surface area contributed by atoms with Crippen molar-refractivity contribution < 1.29 is 9.53 Å². The van der Waals surface area contributed by atoms with Gasteiger partial charge in [0.25, 0.3) is 0 Å². The van der Waals surface area contributed by atoms with Crippen LogP contribution in [0.4, 0.5) is 0 Å². The number of aryl methyl sites for hydroxylation is 2. The SMILES string of the molecule is COC(=O)C1(c2cc(C)nn2C)CCCCC1. The molecule has 2 rings (SSSR count). The molecule has 1 aliphatic carbocycles. The second kappa shape index (κ2) is 4.51. The number of rotatable bonds is 2. The number of carbonyl (C=O) groups is 1. The van der Waals surface area contributed by atoms with E-state index in [1.165, 1.54) is 13.5 Å². The molecular weight excluding hydrogens is 216 g/mol. The van der Waals surface area contributed by atoms with E-state index in [1.54, 1.807) is 0 Å². The van der Waals surface area contributed by atoms with E-state index >= 15 is 0 Å². The minimum Gasteiger partial charge on any atom is -0.468 e. The Morgan fingerprint density at radius 1 is 1.41 bits per heavy atom. The van der Waals surface area contributed by atoms with E-state index in [0.717, 1.165) is 37.1 Å². The Kier molecular flexibility index (Phi) is 3.22. The van der Waals surface area contributed by atoms with Gasteiger partial charge < -0.3 is 4.74 Å². The van der Waals surface area contributed by atoms with Crippen molar-refractivity contribution in [2.45, 2.75) is 44.4 Å². The van der Waals surface area contributed by atoms with Gasteiger partial charge in [-0.15, -0.1) is 0 Å². The molecule has 0 aliphatic heterocycles. The molecule has 4 nitrogen and oxygen atoms in total. The standard InChI is InChI=1S/C13H20N2O2/c1-10-9-11(15(2)14-10)13(12(16)17-3)7-5-4-6-8-13/h9H,4-8H2,1-3H3. The molecule has 17 heavy (non-hydrogen) atoms. The molecule has 0 unspecified atom stereocenters. The summed E-state index contributed by atoms with van der Waals surface area (Å²) in [4.78, 5) is 12.2. The first-order chi connectivity index (χ1) is 8.10. The van der Waals surface area contributed by atoms with Gasteiger partial charge >= 0.3 is 5.97 Å². The van der Waals surface area contributed by atoms with E-state index in [-0.39, 0.29) is 5.97 Å². The van der Waals surface area contributed by atoms with Gasteiger partial charge in [-0.05, 0) is 25.8 Å². The number of nitrogens with zero attached hydrogens (tertiary/aromatic N) is 2. The van der Waals surface area contributed by atoms with Crippen LogP contribution in [0.1, 0.15) is 43.5 Å². The number of hydrogen-bond acceptors (Lipinski definition) is 3. The normalized spacial score (nSPS) is 19.0. The molecule has 1 aliphatic rings. The molecule has 4 heteroatoms. The Balaban J connectivity index is 2.46. The highest BCUT2D eigenvalue weighted by atomic mass is 16.5. The van der Waals surface area contributed by atoms with Gasteiger partial charge in [0.1, 0.15) is 5.41 Å². The maximum atomic E-state index is 12.2. The topological polar surface area (TPSA) is 44.1 Å². The number of aromatic nitrogens is 2. The summed E-state index contributed by atoms with van der Waals surface area (Å²) in [7, 11) is 3.38. The summed E-state index contributed by atoms with van der Waals surface area (Å²) >= 11 is 0. The molecule has 1 heterocycles. The van der Waals surface area contributed by atoms with Gasteiger partial charge in [0.15, 0.2) is 0 Å². The van der Waals surface area contributed by atoms with E-state index < -0.39 is 5.41 Å². The lowest BCUT2D eigenvalue weighted by Gasteiger charge is -2.34. The highest BCUT2D eigenvalue weighted by molar-refractivity contribution is 5.82. The number of carbonyl (C=O) groups excluding carboxylic acids is 1. The number of esters is 1. The summed E-state index contributed by atoms with van der Waals surface area (Å²) in [5.41, 5.74) is 1.49. The minimum absolute atomic E-state index is 0.111. The molecule has 94 valence electrons. The lowest BCUT2D eigenvalue weighted by molar-refractivity contribution is -0.149. The van der Waals surface area contributed by atoms with Crippen molar-refractivity contribution in [2.75, 3.05) is 7.11 Å². The van der Waals surface area contributed by atoms with E-state index in [1.807, 2.05) is 24.7 Å². The van der Waals surface area contributed by atoms with E-state index in [9.17, 15) is 4.79 Å². The predicted octanol–water partition coefficient (Wildman–Crippen LogP) is 2.10. The van der Waals surface area contributed by atoms with Crippen molar-refractivity contribution in [3.8, 4) is 0 Å². The van der Waals surface area contributed by atoms with Gasteiger partial charge in [0, 0.05) is 7.05 Å². The van der Waals surface area contributed by atoms with Gasteiger partial charge in [-0.1, -0.05) is 19.3 Å². The third kappa shape index (κ3) is 1.96. The first-order valence-electron chi connectivity index (χ1n) is 6.20. The Labute approximate surface area is 102 Å². The van der Waals surface area contributed by atoms with Crippen LogP contribution in [0.15, 0.2) is 6.07 Å². The smallest absolute Gasteiger partial charge is 0.317 e. The number of ether oxygens (including phenoxy) is 1. The molecule has 0 aromatic carbocycles. The van der Waals surface area contributed by atoms with Crippen molar-refractivity contribution in [1.82, 2.24) is 9.78 Å². The monoisotopic (exact) mass is 236 g/mol. The molecule has 0 saturated heterocycles. The van der Waals surface area contributed by atoms with Crippen LogP contribution >= 0.6 is 0 Å². The summed E-state index contributed by atoms with van der Waals surface area (Å²) in [5, 5.41) is 4.36. The van der Waals surface area contributed by atoms with Gasteiger partial charge in [-0.2, -0.15) is 5.10 Å². The van der Waals surface area contributed by atoms with Crippen LogP contribution in [0.5, 0.6) is 0 Å².